The van der Waals surface area contributed by atoms with Crippen LogP contribution in [0.2, 0.25) is 5.02 Å². The molecule has 0 unspecified atom stereocenters. The number of sulfonamides is 1. The number of hydrogen-bond acceptors (Lipinski definition) is 4. The smallest absolute Gasteiger partial charge is 0.325 e. The quantitative estimate of drug-likeness (QED) is 0.786. The summed E-state index contributed by atoms with van der Waals surface area (Å²) in [6, 6.07) is 5.97. The lowest BCUT2D eigenvalue weighted by Gasteiger charge is -2.16. The lowest BCUT2D eigenvalue weighted by Crippen LogP contribution is -2.34. The zero-order chi connectivity index (χ0) is 19.7. The highest BCUT2D eigenvalue weighted by Gasteiger charge is 2.33. The Hall–Kier alpha value is -1.62. The molecule has 1 heterocycles. The average molecular weight is 427 g/mol. The first-order chi connectivity index (χ1) is 11.9. The summed E-state index contributed by atoms with van der Waals surface area (Å²) in [5, 5.41) is 1.74. The van der Waals surface area contributed by atoms with Crippen molar-refractivity contribution >= 4 is 44.6 Å². The Morgan fingerprint density at radius 3 is 2.46 bits per heavy atom. The summed E-state index contributed by atoms with van der Waals surface area (Å²) in [7, 11) is -2.64. The number of aryl methyl sites for hydroxylation is 1. The number of thiophene rings is 1. The van der Waals surface area contributed by atoms with Gasteiger partial charge in [0.1, 0.15) is 4.21 Å². The Morgan fingerprint density at radius 1 is 1.27 bits per heavy atom. The molecule has 142 valence electrons. The maximum absolute atomic E-state index is 12.8. The van der Waals surface area contributed by atoms with Crippen LogP contribution in [0.4, 0.5) is 18.9 Å². The van der Waals surface area contributed by atoms with Gasteiger partial charge in [-0.2, -0.15) is 17.5 Å². The van der Waals surface area contributed by atoms with E-state index in [1.807, 2.05) is 0 Å². The lowest BCUT2D eigenvalue weighted by molar-refractivity contribution is -0.137. The third kappa shape index (κ3) is 4.76. The van der Waals surface area contributed by atoms with Gasteiger partial charge in [-0.25, -0.2) is 8.42 Å². The molecule has 0 spiro atoms. The van der Waals surface area contributed by atoms with Crippen LogP contribution < -0.4 is 5.32 Å². The van der Waals surface area contributed by atoms with Gasteiger partial charge in [0, 0.05) is 17.6 Å². The first-order valence-electron chi connectivity index (χ1n) is 7.10. The molecule has 1 amide bonds. The molecular weight excluding hydrogens is 413 g/mol. The lowest BCUT2D eigenvalue weighted by atomic mass is 10.2. The minimum absolute atomic E-state index is 0.0798. The molecule has 5 nitrogen and oxygen atoms in total. The van der Waals surface area contributed by atoms with Gasteiger partial charge in [-0.1, -0.05) is 11.6 Å². The van der Waals surface area contributed by atoms with Gasteiger partial charge in [-0.15, -0.1) is 11.3 Å². The van der Waals surface area contributed by atoms with Crippen molar-refractivity contribution in [3.8, 4) is 0 Å². The summed E-state index contributed by atoms with van der Waals surface area (Å²) in [4.78, 5) is 12.8. The molecule has 0 atom stereocenters. The summed E-state index contributed by atoms with van der Waals surface area (Å²) in [5.74, 6) is -0.778. The van der Waals surface area contributed by atoms with Crippen molar-refractivity contribution in [2.45, 2.75) is 17.3 Å². The van der Waals surface area contributed by atoms with Crippen LogP contribution in [0, 0.1) is 6.92 Å². The fraction of sp³-hybridized carbons (Fsp3) is 0.267. The Kier molecular flexibility index (Phi) is 6.01. The van der Waals surface area contributed by atoms with Crippen LogP contribution in [0.5, 0.6) is 0 Å². The number of hydrogen-bond donors (Lipinski definition) is 1. The second-order valence-electron chi connectivity index (χ2n) is 5.37. The molecule has 1 aromatic heterocycles. The van der Waals surface area contributed by atoms with E-state index < -0.39 is 39.2 Å². The van der Waals surface area contributed by atoms with Gasteiger partial charge in [0.05, 0.1) is 17.1 Å². The van der Waals surface area contributed by atoms with Gasteiger partial charge in [0.25, 0.3) is 10.0 Å². The highest BCUT2D eigenvalue weighted by Crippen LogP contribution is 2.36. The number of nitrogens with zero attached hydrogens (tertiary/aromatic N) is 1. The SMILES string of the molecule is Cc1ccc(S(=O)(=O)N(C)CC(=O)Nc2ccc(Cl)c(C(F)(F)F)c2)s1. The largest absolute Gasteiger partial charge is 0.417 e. The third-order valence-electron chi connectivity index (χ3n) is 3.30. The van der Waals surface area contributed by atoms with Crippen LogP contribution in [-0.4, -0.2) is 32.2 Å². The van der Waals surface area contributed by atoms with E-state index in [0.717, 1.165) is 26.6 Å². The molecule has 0 radical (unpaired) electrons. The third-order valence-corrected chi connectivity index (χ3v) is 6.90. The number of halogens is 4. The monoisotopic (exact) mass is 426 g/mol. The minimum Gasteiger partial charge on any atom is -0.325 e. The highest BCUT2D eigenvalue weighted by molar-refractivity contribution is 7.91. The van der Waals surface area contributed by atoms with Crippen molar-refractivity contribution in [2.24, 2.45) is 0 Å². The van der Waals surface area contributed by atoms with E-state index in [-0.39, 0.29) is 9.90 Å². The second kappa shape index (κ2) is 7.55. The second-order valence-corrected chi connectivity index (χ2v) is 9.33. The molecule has 0 aliphatic rings. The number of carbonyl (C=O) groups excluding carboxylic acids is 1. The fourth-order valence-electron chi connectivity index (χ4n) is 2.01. The van der Waals surface area contributed by atoms with E-state index in [9.17, 15) is 26.4 Å². The van der Waals surface area contributed by atoms with Gasteiger partial charge in [-0.05, 0) is 37.3 Å². The number of likely N-dealkylation sites (N-methyl/N-ethyl adjacent to an activating group) is 1. The number of benzene rings is 1. The number of anilines is 1. The normalized spacial score (nSPS) is 12.4. The van der Waals surface area contributed by atoms with E-state index in [2.05, 4.69) is 5.32 Å². The van der Waals surface area contributed by atoms with E-state index in [4.69, 9.17) is 11.6 Å². The Balaban J connectivity index is 2.11. The summed E-state index contributed by atoms with van der Waals surface area (Å²) < 4.78 is 64.1. The molecule has 1 aromatic carbocycles. The van der Waals surface area contributed by atoms with E-state index in [0.29, 0.717) is 6.07 Å². The van der Waals surface area contributed by atoms with E-state index in [1.165, 1.54) is 19.2 Å². The van der Waals surface area contributed by atoms with Crippen LogP contribution in [0.1, 0.15) is 10.4 Å². The minimum atomic E-state index is -4.67. The standard InChI is InChI=1S/C15H14ClF3N2O3S2/c1-9-3-6-14(25-9)26(23,24)21(2)8-13(22)20-10-4-5-12(16)11(7-10)15(17,18)19/h3-7H,8H2,1-2H3,(H,20,22). The molecule has 0 saturated heterocycles. The Morgan fingerprint density at radius 2 is 1.92 bits per heavy atom. The van der Waals surface area contributed by atoms with Gasteiger partial charge in [0.15, 0.2) is 0 Å². The molecule has 2 aromatic rings. The molecule has 0 aliphatic carbocycles. The van der Waals surface area contributed by atoms with Crippen molar-refractivity contribution < 1.29 is 26.4 Å². The van der Waals surface area contributed by atoms with Crippen molar-refractivity contribution in [2.75, 3.05) is 18.9 Å². The van der Waals surface area contributed by atoms with Crippen LogP contribution in [0.3, 0.4) is 0 Å². The Bertz CT molecular complexity index is 926. The maximum Gasteiger partial charge on any atom is 0.417 e. The summed E-state index contributed by atoms with van der Waals surface area (Å²) in [6.45, 7) is 1.19. The number of carbonyl (C=O) groups is 1. The van der Waals surface area contributed by atoms with Gasteiger partial charge < -0.3 is 5.32 Å². The number of amides is 1. The highest BCUT2D eigenvalue weighted by atomic mass is 35.5. The van der Waals surface area contributed by atoms with Crippen molar-refractivity contribution in [3.05, 3.63) is 45.8 Å². The summed E-state index contributed by atoms with van der Waals surface area (Å²) in [6.07, 6.45) is -4.67. The predicted octanol–water partition coefficient (Wildman–Crippen LogP) is 3.99. The molecule has 1 N–H and O–H groups in total. The van der Waals surface area contributed by atoms with E-state index in [1.54, 1.807) is 13.0 Å². The van der Waals surface area contributed by atoms with Crippen molar-refractivity contribution in [3.63, 3.8) is 0 Å². The number of alkyl halides is 3. The molecule has 2 rings (SSSR count). The van der Waals surface area contributed by atoms with Crippen molar-refractivity contribution in [1.29, 1.82) is 0 Å². The maximum atomic E-state index is 12.8. The molecule has 0 fully saturated rings. The number of rotatable bonds is 5. The average Bonchev–Trinajstić information content (AvgIpc) is 2.95. The summed E-state index contributed by atoms with van der Waals surface area (Å²) in [5.41, 5.74) is -1.23. The van der Waals surface area contributed by atoms with Gasteiger partial charge in [0.2, 0.25) is 5.91 Å². The fourth-order valence-corrected chi connectivity index (χ4v) is 4.86. The van der Waals surface area contributed by atoms with Crippen molar-refractivity contribution in [1.82, 2.24) is 4.31 Å². The zero-order valence-electron chi connectivity index (χ0n) is 13.6. The van der Waals surface area contributed by atoms with Crippen LogP contribution >= 0.6 is 22.9 Å². The molecule has 11 heteroatoms. The van der Waals surface area contributed by atoms with E-state index >= 15 is 0 Å². The van der Waals surface area contributed by atoms with Gasteiger partial charge >= 0.3 is 6.18 Å². The van der Waals surface area contributed by atoms with Crippen LogP contribution in [0.25, 0.3) is 0 Å². The molecule has 26 heavy (non-hydrogen) atoms. The summed E-state index contributed by atoms with van der Waals surface area (Å²) >= 11 is 6.57. The molecule has 0 saturated carbocycles. The molecule has 0 aliphatic heterocycles. The zero-order valence-corrected chi connectivity index (χ0v) is 16.0. The van der Waals surface area contributed by atoms with Gasteiger partial charge in [-0.3, -0.25) is 4.79 Å². The Labute approximate surface area is 157 Å². The first-order valence-corrected chi connectivity index (χ1v) is 9.74. The topological polar surface area (TPSA) is 66.5 Å². The van der Waals surface area contributed by atoms with Crippen LogP contribution in [-0.2, 0) is 21.0 Å². The van der Waals surface area contributed by atoms with Crippen LogP contribution in [0.15, 0.2) is 34.5 Å². The first kappa shape index (κ1) is 20.7. The molecular formula is C15H14ClF3N2O3S2. The molecule has 0 bridgehead atoms. The number of nitrogens with one attached hydrogen (secondary N) is 1. The predicted molar refractivity (Wildman–Crippen MR) is 94.0 cm³/mol.